The van der Waals surface area contributed by atoms with Crippen molar-refractivity contribution in [3.05, 3.63) is 170 Å². The van der Waals surface area contributed by atoms with Crippen LogP contribution in [0.25, 0.3) is 88.5 Å². The van der Waals surface area contributed by atoms with Crippen LogP contribution in [0.4, 0.5) is 0 Å². The number of benzene rings is 7. The first-order chi connectivity index (χ1) is 23.8. The van der Waals surface area contributed by atoms with Crippen LogP contribution in [0, 0.1) is 0 Å². The molecule has 0 amide bonds. The van der Waals surface area contributed by atoms with Crippen LogP contribution in [0.15, 0.2) is 170 Å². The third kappa shape index (κ3) is 3.96. The molecule has 0 spiro atoms. The summed E-state index contributed by atoms with van der Waals surface area (Å²) in [7, 11) is 0. The van der Waals surface area contributed by atoms with E-state index in [4.69, 9.17) is 9.97 Å². The van der Waals surface area contributed by atoms with Gasteiger partial charge in [0.25, 0.3) is 0 Å². The van der Waals surface area contributed by atoms with E-state index in [1.165, 1.54) is 43.7 Å². The Labute approximate surface area is 276 Å². The zero-order valence-electron chi connectivity index (χ0n) is 26.0. The summed E-state index contributed by atoms with van der Waals surface area (Å²) in [6, 6.07) is 60.0. The fourth-order valence-electron chi connectivity index (χ4n) is 7.42. The van der Waals surface area contributed by atoms with Crippen molar-refractivity contribution in [3.8, 4) is 34.0 Å². The Kier molecular flexibility index (Phi) is 5.84. The molecule has 0 unspecified atom stereocenters. The van der Waals surface area contributed by atoms with Gasteiger partial charge in [0.2, 0.25) is 5.95 Å². The van der Waals surface area contributed by atoms with Crippen molar-refractivity contribution < 1.29 is 0 Å². The molecular formula is C44H28N4. The Morgan fingerprint density at radius 1 is 0.333 bits per heavy atom. The van der Waals surface area contributed by atoms with Crippen LogP contribution in [0.1, 0.15) is 0 Å². The highest BCUT2D eigenvalue weighted by molar-refractivity contribution is 6.28. The normalized spacial score (nSPS) is 11.8. The summed E-state index contributed by atoms with van der Waals surface area (Å²) in [6.45, 7) is 0. The monoisotopic (exact) mass is 612 g/mol. The number of rotatable bonds is 4. The minimum absolute atomic E-state index is 0.660. The molecule has 4 nitrogen and oxygen atoms in total. The summed E-state index contributed by atoms with van der Waals surface area (Å²) in [5, 5.41) is 5.88. The summed E-state index contributed by atoms with van der Waals surface area (Å²) >= 11 is 0. The highest BCUT2D eigenvalue weighted by Gasteiger charge is 2.22. The van der Waals surface area contributed by atoms with E-state index >= 15 is 0 Å². The number of hydrogen-bond donors (Lipinski definition) is 0. The van der Waals surface area contributed by atoms with E-state index in [0.717, 1.165) is 38.9 Å². The average molecular weight is 613 g/mol. The van der Waals surface area contributed by atoms with Crippen LogP contribution < -0.4 is 0 Å². The third-order valence-corrected chi connectivity index (χ3v) is 9.54. The minimum Gasteiger partial charge on any atom is -0.309 e. The van der Waals surface area contributed by atoms with Crippen molar-refractivity contribution in [3.63, 3.8) is 0 Å². The minimum atomic E-state index is 0.660. The number of hydrogen-bond acceptors (Lipinski definition) is 2. The first kappa shape index (κ1) is 26.7. The maximum Gasteiger partial charge on any atom is 0.235 e. The Morgan fingerprint density at radius 2 is 0.833 bits per heavy atom. The molecule has 48 heavy (non-hydrogen) atoms. The van der Waals surface area contributed by atoms with E-state index in [9.17, 15) is 0 Å². The number of aromatic nitrogens is 4. The van der Waals surface area contributed by atoms with Gasteiger partial charge in [-0.2, -0.15) is 0 Å². The molecule has 0 fully saturated rings. The van der Waals surface area contributed by atoms with Crippen molar-refractivity contribution in [1.29, 1.82) is 0 Å². The summed E-state index contributed by atoms with van der Waals surface area (Å²) in [5.41, 5.74) is 10.9. The molecule has 10 rings (SSSR count). The zero-order valence-corrected chi connectivity index (χ0v) is 26.0. The largest absolute Gasteiger partial charge is 0.309 e. The number of para-hydroxylation sites is 4. The predicted octanol–water partition coefficient (Wildman–Crippen LogP) is 11.2. The van der Waals surface area contributed by atoms with Gasteiger partial charge in [-0.05, 0) is 53.6 Å². The molecule has 0 aliphatic heterocycles. The second-order valence-electron chi connectivity index (χ2n) is 12.2. The van der Waals surface area contributed by atoms with Gasteiger partial charge in [-0.25, -0.2) is 9.97 Å². The van der Waals surface area contributed by atoms with Crippen LogP contribution in [0.2, 0.25) is 0 Å². The molecule has 3 aromatic heterocycles. The molecule has 224 valence electrons. The van der Waals surface area contributed by atoms with E-state index in [2.05, 4.69) is 173 Å². The van der Waals surface area contributed by atoms with Crippen molar-refractivity contribution >= 4 is 54.5 Å². The lowest BCUT2D eigenvalue weighted by Crippen LogP contribution is -2.03. The first-order valence-electron chi connectivity index (χ1n) is 16.3. The molecule has 3 heterocycles. The van der Waals surface area contributed by atoms with E-state index in [-0.39, 0.29) is 0 Å². The van der Waals surface area contributed by atoms with Gasteiger partial charge in [0, 0.05) is 38.2 Å². The first-order valence-corrected chi connectivity index (χ1v) is 16.3. The summed E-state index contributed by atoms with van der Waals surface area (Å²) in [6.07, 6.45) is 0. The summed E-state index contributed by atoms with van der Waals surface area (Å²) < 4.78 is 4.62. The molecule has 4 heteroatoms. The lowest BCUT2D eigenvalue weighted by atomic mass is 10.0. The maximum absolute atomic E-state index is 5.36. The fraction of sp³-hybridized carbons (Fsp3) is 0. The standard InChI is InChI=1S/C44H28N4/c1-3-13-29(14-4-1)30-23-25-31(26-24-30)43-33-17-7-10-20-36(33)45-44(46-43)48-38-22-12-9-19-35(38)42-40(48)28-27-39-41(42)34-18-8-11-21-37(34)47(39)32-15-5-2-6-16-32/h1-28H. The van der Waals surface area contributed by atoms with Gasteiger partial charge in [-0.15, -0.1) is 0 Å². The van der Waals surface area contributed by atoms with Crippen LogP contribution >= 0.6 is 0 Å². The molecule has 10 aromatic rings. The maximum atomic E-state index is 5.36. The van der Waals surface area contributed by atoms with Gasteiger partial charge >= 0.3 is 0 Å². The van der Waals surface area contributed by atoms with Gasteiger partial charge in [0.05, 0.1) is 33.3 Å². The number of fused-ring (bicyclic) bond motifs is 8. The van der Waals surface area contributed by atoms with Gasteiger partial charge in [0.1, 0.15) is 0 Å². The van der Waals surface area contributed by atoms with Crippen LogP contribution in [0.5, 0.6) is 0 Å². The Bertz CT molecular complexity index is 2810. The Hall–Kier alpha value is -6.52. The Balaban J connectivity index is 1.26. The van der Waals surface area contributed by atoms with Gasteiger partial charge < -0.3 is 4.57 Å². The molecule has 0 N–H and O–H groups in total. The third-order valence-electron chi connectivity index (χ3n) is 9.54. The highest BCUT2D eigenvalue weighted by Crippen LogP contribution is 2.42. The molecule has 0 radical (unpaired) electrons. The second kappa shape index (κ2) is 10.5. The quantitative estimate of drug-likeness (QED) is 0.198. The molecule has 0 saturated carbocycles. The van der Waals surface area contributed by atoms with Crippen LogP contribution in [-0.4, -0.2) is 19.1 Å². The molecule has 0 bridgehead atoms. The molecule has 0 aliphatic carbocycles. The topological polar surface area (TPSA) is 35.6 Å². The highest BCUT2D eigenvalue weighted by atomic mass is 15.2. The van der Waals surface area contributed by atoms with Gasteiger partial charge in [0.15, 0.2) is 0 Å². The average Bonchev–Trinajstić information content (AvgIpc) is 3.68. The smallest absolute Gasteiger partial charge is 0.235 e. The SMILES string of the molecule is c1ccc(-c2ccc(-c3nc(-n4c5ccccc5c5c6c7ccccc7n(-c7ccccc7)c6ccc54)nc4ccccc34)cc2)cc1. The summed E-state index contributed by atoms with van der Waals surface area (Å²) in [4.78, 5) is 10.6. The predicted molar refractivity (Wildman–Crippen MR) is 199 cm³/mol. The van der Waals surface area contributed by atoms with Crippen LogP contribution in [-0.2, 0) is 0 Å². The molecule has 0 aliphatic rings. The van der Waals surface area contributed by atoms with Crippen molar-refractivity contribution in [1.82, 2.24) is 19.1 Å². The summed E-state index contributed by atoms with van der Waals surface area (Å²) in [5.74, 6) is 0.660. The lowest BCUT2D eigenvalue weighted by molar-refractivity contribution is 1.01. The van der Waals surface area contributed by atoms with Crippen molar-refractivity contribution in [2.75, 3.05) is 0 Å². The molecular weight excluding hydrogens is 585 g/mol. The van der Waals surface area contributed by atoms with Crippen LogP contribution in [0.3, 0.4) is 0 Å². The van der Waals surface area contributed by atoms with Crippen molar-refractivity contribution in [2.45, 2.75) is 0 Å². The molecule has 0 saturated heterocycles. The van der Waals surface area contributed by atoms with Gasteiger partial charge in [-0.3, -0.25) is 4.57 Å². The molecule has 7 aromatic carbocycles. The fourth-order valence-corrected chi connectivity index (χ4v) is 7.42. The van der Waals surface area contributed by atoms with E-state index in [1.807, 2.05) is 6.07 Å². The number of nitrogens with zero attached hydrogens (tertiary/aromatic N) is 4. The Morgan fingerprint density at radius 3 is 1.52 bits per heavy atom. The van der Waals surface area contributed by atoms with E-state index in [0.29, 0.717) is 5.95 Å². The molecule has 0 atom stereocenters. The van der Waals surface area contributed by atoms with E-state index < -0.39 is 0 Å². The van der Waals surface area contributed by atoms with Crippen molar-refractivity contribution in [2.24, 2.45) is 0 Å². The second-order valence-corrected chi connectivity index (χ2v) is 12.2. The van der Waals surface area contributed by atoms with Gasteiger partial charge in [-0.1, -0.05) is 127 Å². The zero-order chi connectivity index (χ0) is 31.6. The lowest BCUT2D eigenvalue weighted by Gasteiger charge is -2.12. The van der Waals surface area contributed by atoms with E-state index in [1.54, 1.807) is 0 Å².